The highest BCUT2D eigenvalue weighted by Gasteiger charge is 2.43. The minimum atomic E-state index is -0.302. The molecule has 29 heavy (non-hydrogen) atoms. The van der Waals surface area contributed by atoms with Gasteiger partial charge >= 0.3 is 0 Å². The summed E-state index contributed by atoms with van der Waals surface area (Å²) in [5.41, 5.74) is 0.985. The summed E-state index contributed by atoms with van der Waals surface area (Å²) in [7, 11) is 0. The number of likely N-dealkylation sites (tertiary alicyclic amines) is 1. The van der Waals surface area contributed by atoms with Crippen LogP contribution >= 0.6 is 0 Å². The molecule has 0 aromatic heterocycles. The number of amides is 2. The second-order valence-electron chi connectivity index (χ2n) is 9.01. The van der Waals surface area contributed by atoms with Crippen LogP contribution in [0.1, 0.15) is 63.4 Å². The predicted octanol–water partition coefficient (Wildman–Crippen LogP) is 3.71. The van der Waals surface area contributed by atoms with Crippen molar-refractivity contribution in [3.8, 4) is 5.75 Å². The zero-order valence-corrected chi connectivity index (χ0v) is 17.5. The van der Waals surface area contributed by atoms with Crippen LogP contribution in [0.15, 0.2) is 24.3 Å². The number of aryl methyl sites for hydroxylation is 1. The number of rotatable bonds is 1. The zero-order chi connectivity index (χ0) is 20.1. The van der Waals surface area contributed by atoms with Gasteiger partial charge in [0.2, 0.25) is 11.8 Å². The van der Waals surface area contributed by atoms with Crippen LogP contribution in [0.3, 0.4) is 0 Å². The van der Waals surface area contributed by atoms with E-state index in [0.29, 0.717) is 19.1 Å². The second kappa shape index (κ2) is 9.19. The molecule has 1 spiro atoms. The molecule has 1 N–H and O–H groups in total. The quantitative estimate of drug-likeness (QED) is 0.785. The predicted molar refractivity (Wildman–Crippen MR) is 113 cm³/mol. The molecule has 3 aliphatic rings. The normalized spacial score (nSPS) is 23.4. The summed E-state index contributed by atoms with van der Waals surface area (Å²) in [5, 5.41) is 3.18. The number of benzene rings is 1. The fourth-order valence-corrected chi connectivity index (χ4v) is 4.78. The number of nitrogens with one attached hydrogen (secondary N) is 1. The van der Waals surface area contributed by atoms with Crippen molar-refractivity contribution >= 4 is 11.8 Å². The Hall–Kier alpha value is -2.04. The smallest absolute Gasteiger partial charge is 0.226 e. The molecule has 4 rings (SSSR count). The van der Waals surface area contributed by atoms with Gasteiger partial charge in [-0.05, 0) is 63.0 Å². The van der Waals surface area contributed by atoms with E-state index in [9.17, 15) is 9.59 Å². The van der Waals surface area contributed by atoms with Gasteiger partial charge in [-0.3, -0.25) is 9.59 Å². The molecule has 0 bridgehead atoms. The minimum absolute atomic E-state index is 0.188. The SMILES string of the molecule is O=C(C1CC1)N1CCC2(CCCCCc3ccccc3OCCCNC2=O)CC1. The van der Waals surface area contributed by atoms with E-state index >= 15 is 0 Å². The molecule has 5 heteroatoms. The molecule has 2 fully saturated rings. The number of carbonyl (C=O) groups excluding carboxylic acids is 2. The number of nitrogens with zero attached hydrogens (tertiary/aromatic N) is 1. The van der Waals surface area contributed by atoms with Gasteiger partial charge in [0.1, 0.15) is 5.75 Å². The van der Waals surface area contributed by atoms with Crippen LogP contribution in [0.4, 0.5) is 0 Å². The fraction of sp³-hybridized carbons (Fsp3) is 0.667. The average Bonchev–Trinajstić information content (AvgIpc) is 3.59. The summed E-state index contributed by atoms with van der Waals surface area (Å²) in [4.78, 5) is 27.5. The maximum atomic E-state index is 13.1. The zero-order valence-electron chi connectivity index (χ0n) is 17.5. The molecule has 2 aliphatic heterocycles. The van der Waals surface area contributed by atoms with E-state index in [1.54, 1.807) is 0 Å². The van der Waals surface area contributed by atoms with Crippen LogP contribution in [-0.2, 0) is 16.0 Å². The Morgan fingerprint density at radius 3 is 2.62 bits per heavy atom. The summed E-state index contributed by atoms with van der Waals surface area (Å²) < 4.78 is 5.98. The van der Waals surface area contributed by atoms with E-state index < -0.39 is 0 Å². The van der Waals surface area contributed by atoms with Crippen LogP contribution in [0, 0.1) is 11.3 Å². The van der Waals surface area contributed by atoms with Crippen molar-refractivity contribution < 1.29 is 14.3 Å². The number of para-hydroxylation sites is 1. The fourth-order valence-electron chi connectivity index (χ4n) is 4.78. The van der Waals surface area contributed by atoms with Crippen LogP contribution < -0.4 is 10.1 Å². The Bertz CT molecular complexity index is 721. The molecule has 1 saturated carbocycles. The van der Waals surface area contributed by atoms with Gasteiger partial charge in [-0.1, -0.05) is 31.0 Å². The summed E-state index contributed by atoms with van der Waals surface area (Å²) >= 11 is 0. The highest BCUT2D eigenvalue weighted by Crippen LogP contribution is 2.39. The van der Waals surface area contributed by atoms with Gasteiger partial charge in [0, 0.05) is 25.6 Å². The van der Waals surface area contributed by atoms with Crippen LogP contribution in [0.2, 0.25) is 0 Å². The number of piperidine rings is 1. The topological polar surface area (TPSA) is 58.6 Å². The van der Waals surface area contributed by atoms with Gasteiger partial charge in [0.05, 0.1) is 12.0 Å². The Kier molecular flexibility index (Phi) is 6.41. The molecule has 2 heterocycles. The monoisotopic (exact) mass is 398 g/mol. The number of hydrogen-bond acceptors (Lipinski definition) is 3. The Balaban J connectivity index is 1.38. The van der Waals surface area contributed by atoms with E-state index in [4.69, 9.17) is 4.74 Å². The maximum Gasteiger partial charge on any atom is 0.226 e. The molecule has 0 unspecified atom stereocenters. The first-order valence-electron chi connectivity index (χ1n) is 11.5. The largest absolute Gasteiger partial charge is 0.493 e. The van der Waals surface area contributed by atoms with E-state index in [1.165, 1.54) is 5.56 Å². The van der Waals surface area contributed by atoms with Crippen molar-refractivity contribution in [1.29, 1.82) is 0 Å². The van der Waals surface area contributed by atoms with Crippen molar-refractivity contribution in [1.82, 2.24) is 10.2 Å². The molecule has 2 amide bonds. The standard InChI is InChI=1S/C24H34N2O3/c27-22(20-10-11-20)26-16-13-24(14-17-26)12-5-1-2-7-19-8-3-4-9-21(19)29-18-6-15-25-23(24)28/h3-4,8-9,20H,1-2,5-7,10-18H2,(H,25,28). The summed E-state index contributed by atoms with van der Waals surface area (Å²) in [6.07, 6.45) is 9.76. The highest BCUT2D eigenvalue weighted by molar-refractivity contribution is 5.84. The molecule has 1 aliphatic carbocycles. The van der Waals surface area contributed by atoms with E-state index in [1.807, 2.05) is 17.0 Å². The molecule has 0 radical (unpaired) electrons. The molecule has 158 valence electrons. The third-order valence-corrected chi connectivity index (χ3v) is 6.88. The van der Waals surface area contributed by atoms with Gasteiger partial charge < -0.3 is 15.0 Å². The first-order chi connectivity index (χ1) is 14.2. The molecular formula is C24H34N2O3. The van der Waals surface area contributed by atoms with Crippen LogP contribution in [0.5, 0.6) is 5.75 Å². The van der Waals surface area contributed by atoms with E-state index in [0.717, 1.165) is 83.0 Å². The van der Waals surface area contributed by atoms with E-state index in [-0.39, 0.29) is 17.2 Å². The van der Waals surface area contributed by atoms with Crippen molar-refractivity contribution in [2.24, 2.45) is 11.3 Å². The Labute approximate surface area is 174 Å². The molecular weight excluding hydrogens is 364 g/mol. The maximum absolute atomic E-state index is 13.1. The van der Waals surface area contributed by atoms with Crippen molar-refractivity contribution in [3.05, 3.63) is 29.8 Å². The first-order valence-corrected chi connectivity index (χ1v) is 11.5. The number of ether oxygens (including phenoxy) is 1. The highest BCUT2D eigenvalue weighted by atomic mass is 16.5. The van der Waals surface area contributed by atoms with Gasteiger partial charge in [-0.15, -0.1) is 0 Å². The average molecular weight is 399 g/mol. The number of carbonyl (C=O) groups is 2. The molecule has 0 atom stereocenters. The van der Waals surface area contributed by atoms with E-state index in [2.05, 4.69) is 17.4 Å². The first kappa shape index (κ1) is 20.2. The minimum Gasteiger partial charge on any atom is -0.493 e. The lowest BCUT2D eigenvalue weighted by molar-refractivity contribution is -0.141. The van der Waals surface area contributed by atoms with Crippen LogP contribution in [0.25, 0.3) is 0 Å². The summed E-state index contributed by atoms with van der Waals surface area (Å²) in [5.74, 6) is 1.76. The third-order valence-electron chi connectivity index (χ3n) is 6.88. The molecule has 1 aromatic carbocycles. The van der Waals surface area contributed by atoms with Crippen molar-refractivity contribution in [3.63, 3.8) is 0 Å². The van der Waals surface area contributed by atoms with Gasteiger partial charge in [-0.25, -0.2) is 0 Å². The number of hydrogen-bond donors (Lipinski definition) is 1. The third kappa shape index (κ3) is 4.93. The lowest BCUT2D eigenvalue weighted by atomic mass is 9.73. The molecule has 1 saturated heterocycles. The molecule has 1 aromatic rings. The van der Waals surface area contributed by atoms with Gasteiger partial charge in [0.25, 0.3) is 0 Å². The lowest BCUT2D eigenvalue weighted by Crippen LogP contribution is -2.50. The Morgan fingerprint density at radius 2 is 1.83 bits per heavy atom. The van der Waals surface area contributed by atoms with Crippen molar-refractivity contribution in [2.45, 2.75) is 64.2 Å². The summed E-state index contributed by atoms with van der Waals surface area (Å²) in [6, 6.07) is 8.31. The molecule has 5 nitrogen and oxygen atoms in total. The van der Waals surface area contributed by atoms with Crippen molar-refractivity contribution in [2.75, 3.05) is 26.2 Å². The number of fused-ring (bicyclic) bond motifs is 1. The second-order valence-corrected chi connectivity index (χ2v) is 9.01. The lowest BCUT2D eigenvalue weighted by Gasteiger charge is -2.41. The Morgan fingerprint density at radius 1 is 1.03 bits per heavy atom. The van der Waals surface area contributed by atoms with Gasteiger partial charge in [-0.2, -0.15) is 0 Å². The van der Waals surface area contributed by atoms with Gasteiger partial charge in [0.15, 0.2) is 0 Å². The summed E-state index contributed by atoms with van der Waals surface area (Å²) in [6.45, 7) is 2.74. The van der Waals surface area contributed by atoms with Crippen LogP contribution in [-0.4, -0.2) is 43.0 Å².